The van der Waals surface area contributed by atoms with Gasteiger partial charge < -0.3 is 10.2 Å². The molecule has 1 aromatic rings. The van der Waals surface area contributed by atoms with Crippen LogP contribution in [0.3, 0.4) is 0 Å². The number of aromatic nitrogens is 1. The highest BCUT2D eigenvalue weighted by molar-refractivity contribution is 5.76. The Hall–Kier alpha value is -1.58. The summed E-state index contributed by atoms with van der Waals surface area (Å²) in [6.07, 6.45) is 3.96. The lowest BCUT2D eigenvalue weighted by Gasteiger charge is -2.11. The second-order valence-corrected chi connectivity index (χ2v) is 4.62. The Bertz CT molecular complexity index is 415. The first-order chi connectivity index (χ1) is 8.16. The van der Waals surface area contributed by atoms with E-state index in [9.17, 15) is 4.79 Å². The number of fused-ring (bicyclic) bond motifs is 1. The van der Waals surface area contributed by atoms with Crippen LogP contribution in [0, 0.1) is 0 Å². The Morgan fingerprint density at radius 3 is 3.00 bits per heavy atom. The third-order valence-corrected chi connectivity index (χ3v) is 3.07. The van der Waals surface area contributed by atoms with Gasteiger partial charge in [0.25, 0.3) is 0 Å². The van der Waals surface area contributed by atoms with Crippen LogP contribution in [0.1, 0.15) is 24.1 Å². The predicted octanol–water partition coefficient (Wildman–Crippen LogP) is 1.46. The number of rotatable bonds is 4. The van der Waals surface area contributed by atoms with E-state index in [-0.39, 0.29) is 5.91 Å². The van der Waals surface area contributed by atoms with Crippen molar-refractivity contribution in [3.63, 3.8) is 0 Å². The summed E-state index contributed by atoms with van der Waals surface area (Å²) in [6.45, 7) is 0.642. The average Bonchev–Trinajstić information content (AvgIpc) is 2.75. The summed E-state index contributed by atoms with van der Waals surface area (Å²) in [7, 11) is 3.55. The Kier molecular flexibility index (Phi) is 3.61. The highest BCUT2D eigenvalue weighted by atomic mass is 16.2. The van der Waals surface area contributed by atoms with Gasteiger partial charge in [-0.2, -0.15) is 0 Å². The number of hydrogen-bond donors (Lipinski definition) is 1. The molecule has 1 amide bonds. The number of nitrogens with one attached hydrogen (secondary N) is 1. The first kappa shape index (κ1) is 11.9. The fourth-order valence-corrected chi connectivity index (χ4v) is 2.04. The van der Waals surface area contributed by atoms with Crippen molar-refractivity contribution in [1.82, 2.24) is 9.88 Å². The Balaban J connectivity index is 1.85. The van der Waals surface area contributed by atoms with Gasteiger partial charge in [-0.25, -0.2) is 4.98 Å². The normalized spacial score (nSPS) is 13.3. The third-order valence-electron chi connectivity index (χ3n) is 3.07. The highest BCUT2D eigenvalue weighted by Crippen LogP contribution is 2.21. The van der Waals surface area contributed by atoms with Crippen LogP contribution >= 0.6 is 0 Å². The number of aryl methyl sites for hydroxylation is 2. The molecule has 0 fully saturated rings. The monoisotopic (exact) mass is 233 g/mol. The van der Waals surface area contributed by atoms with Crippen LogP contribution in [0.15, 0.2) is 12.1 Å². The molecule has 1 aliphatic carbocycles. The van der Waals surface area contributed by atoms with Crippen LogP contribution in [0.4, 0.5) is 5.82 Å². The maximum Gasteiger partial charge on any atom is 0.223 e. The van der Waals surface area contributed by atoms with Crippen molar-refractivity contribution in [3.8, 4) is 0 Å². The largest absolute Gasteiger partial charge is 0.370 e. The van der Waals surface area contributed by atoms with Gasteiger partial charge >= 0.3 is 0 Å². The van der Waals surface area contributed by atoms with Gasteiger partial charge in [-0.3, -0.25) is 4.79 Å². The third kappa shape index (κ3) is 2.96. The summed E-state index contributed by atoms with van der Waals surface area (Å²) in [5, 5.41) is 3.20. The molecule has 0 saturated carbocycles. The van der Waals surface area contributed by atoms with E-state index in [0.717, 1.165) is 18.7 Å². The molecule has 0 aliphatic heterocycles. The fourth-order valence-electron chi connectivity index (χ4n) is 2.04. The summed E-state index contributed by atoms with van der Waals surface area (Å²) >= 11 is 0. The van der Waals surface area contributed by atoms with Crippen molar-refractivity contribution in [2.24, 2.45) is 0 Å². The SMILES string of the molecule is CN(C)C(=O)CCNc1ccc2c(n1)CCC2. The molecule has 0 bridgehead atoms. The molecule has 0 unspecified atom stereocenters. The topological polar surface area (TPSA) is 45.2 Å². The van der Waals surface area contributed by atoms with E-state index >= 15 is 0 Å². The first-order valence-corrected chi connectivity index (χ1v) is 6.09. The quantitative estimate of drug-likeness (QED) is 0.856. The van der Waals surface area contributed by atoms with Crippen molar-refractivity contribution in [2.75, 3.05) is 26.0 Å². The van der Waals surface area contributed by atoms with Gasteiger partial charge in [-0.1, -0.05) is 6.07 Å². The van der Waals surface area contributed by atoms with Crippen LogP contribution in [0.5, 0.6) is 0 Å². The fraction of sp³-hybridized carbons (Fsp3) is 0.538. The van der Waals surface area contributed by atoms with E-state index < -0.39 is 0 Å². The molecule has 4 heteroatoms. The van der Waals surface area contributed by atoms with E-state index in [4.69, 9.17) is 0 Å². The molecule has 17 heavy (non-hydrogen) atoms. The maximum absolute atomic E-state index is 11.4. The van der Waals surface area contributed by atoms with E-state index in [1.54, 1.807) is 19.0 Å². The molecule has 2 rings (SSSR count). The molecule has 1 N–H and O–H groups in total. The van der Waals surface area contributed by atoms with Gasteiger partial charge in [0.2, 0.25) is 5.91 Å². The van der Waals surface area contributed by atoms with Gasteiger partial charge in [0.1, 0.15) is 5.82 Å². The minimum absolute atomic E-state index is 0.138. The molecule has 0 spiro atoms. The zero-order chi connectivity index (χ0) is 12.3. The van der Waals surface area contributed by atoms with Crippen molar-refractivity contribution in [3.05, 3.63) is 23.4 Å². The Labute approximate surface area is 102 Å². The Morgan fingerprint density at radius 1 is 1.41 bits per heavy atom. The average molecular weight is 233 g/mol. The zero-order valence-corrected chi connectivity index (χ0v) is 10.5. The van der Waals surface area contributed by atoms with Crippen LogP contribution in [-0.4, -0.2) is 36.4 Å². The Morgan fingerprint density at radius 2 is 2.24 bits per heavy atom. The molecule has 92 valence electrons. The minimum atomic E-state index is 0.138. The number of pyridine rings is 1. The van der Waals surface area contributed by atoms with Gasteiger partial charge in [-0.05, 0) is 30.9 Å². The van der Waals surface area contributed by atoms with E-state index in [1.807, 2.05) is 6.07 Å². The number of carbonyl (C=O) groups is 1. The maximum atomic E-state index is 11.4. The number of hydrogen-bond acceptors (Lipinski definition) is 3. The van der Waals surface area contributed by atoms with Crippen LogP contribution in [0.2, 0.25) is 0 Å². The molecule has 0 atom stereocenters. The molecule has 1 aliphatic rings. The van der Waals surface area contributed by atoms with Gasteiger partial charge in [0, 0.05) is 32.8 Å². The molecule has 0 aromatic carbocycles. The number of anilines is 1. The molecule has 0 radical (unpaired) electrons. The van der Waals surface area contributed by atoms with Crippen LogP contribution in [-0.2, 0) is 17.6 Å². The predicted molar refractivity (Wildman–Crippen MR) is 68.1 cm³/mol. The number of carbonyl (C=O) groups excluding carboxylic acids is 1. The first-order valence-electron chi connectivity index (χ1n) is 6.09. The molecule has 0 saturated heterocycles. The summed E-state index contributed by atoms with van der Waals surface area (Å²) in [4.78, 5) is 17.6. The summed E-state index contributed by atoms with van der Waals surface area (Å²) < 4.78 is 0. The van der Waals surface area contributed by atoms with Crippen molar-refractivity contribution >= 4 is 11.7 Å². The molecule has 1 heterocycles. The van der Waals surface area contributed by atoms with Gasteiger partial charge in [-0.15, -0.1) is 0 Å². The van der Waals surface area contributed by atoms with E-state index in [1.165, 1.54) is 17.7 Å². The molecular formula is C13H19N3O. The van der Waals surface area contributed by atoms with Crippen molar-refractivity contribution in [2.45, 2.75) is 25.7 Å². The second kappa shape index (κ2) is 5.17. The lowest BCUT2D eigenvalue weighted by Crippen LogP contribution is -2.24. The highest BCUT2D eigenvalue weighted by Gasteiger charge is 2.12. The number of nitrogens with zero attached hydrogens (tertiary/aromatic N) is 2. The number of amides is 1. The van der Waals surface area contributed by atoms with Crippen LogP contribution in [0.25, 0.3) is 0 Å². The standard InChI is InChI=1S/C13H19N3O/c1-16(2)13(17)8-9-14-12-7-6-10-4-3-5-11(10)15-12/h6-7H,3-5,8-9H2,1-2H3,(H,14,15). The van der Waals surface area contributed by atoms with Crippen molar-refractivity contribution < 1.29 is 4.79 Å². The van der Waals surface area contributed by atoms with Gasteiger partial charge in [0.15, 0.2) is 0 Å². The molecular weight excluding hydrogens is 214 g/mol. The van der Waals surface area contributed by atoms with Crippen molar-refractivity contribution in [1.29, 1.82) is 0 Å². The van der Waals surface area contributed by atoms with Gasteiger partial charge in [0.05, 0.1) is 0 Å². The summed E-state index contributed by atoms with van der Waals surface area (Å²) in [5.74, 6) is 1.02. The smallest absolute Gasteiger partial charge is 0.223 e. The van der Waals surface area contributed by atoms with E-state index in [2.05, 4.69) is 16.4 Å². The molecule has 4 nitrogen and oxygen atoms in total. The minimum Gasteiger partial charge on any atom is -0.370 e. The van der Waals surface area contributed by atoms with Crippen LogP contribution < -0.4 is 5.32 Å². The molecule has 1 aromatic heterocycles. The summed E-state index contributed by atoms with van der Waals surface area (Å²) in [5.41, 5.74) is 2.59. The lowest BCUT2D eigenvalue weighted by atomic mass is 10.2. The zero-order valence-electron chi connectivity index (χ0n) is 10.5. The lowest BCUT2D eigenvalue weighted by molar-refractivity contribution is -0.128. The van der Waals surface area contributed by atoms with E-state index in [0.29, 0.717) is 13.0 Å². The second-order valence-electron chi connectivity index (χ2n) is 4.62. The summed E-state index contributed by atoms with van der Waals surface area (Å²) in [6, 6.07) is 4.15.